The average molecular weight is 445 g/mol. The van der Waals surface area contributed by atoms with Gasteiger partial charge in [-0.05, 0) is 35.0 Å². The maximum Gasteiger partial charge on any atom is 0.246 e. The highest BCUT2D eigenvalue weighted by atomic mass is 79.9. The van der Waals surface area contributed by atoms with Crippen LogP contribution in [0, 0.1) is 6.92 Å². The van der Waals surface area contributed by atoms with Gasteiger partial charge in [0, 0.05) is 29.6 Å². The number of hydrogen-bond donors (Lipinski definition) is 3. The molecule has 28 heavy (non-hydrogen) atoms. The molecule has 0 amide bonds. The van der Waals surface area contributed by atoms with Crippen LogP contribution in [0.2, 0.25) is 0 Å². The number of ether oxygens (including phenoxy) is 2. The minimum atomic E-state index is 0.287. The Bertz CT molecular complexity index is 973. The van der Waals surface area contributed by atoms with Crippen LogP contribution in [0.15, 0.2) is 47.1 Å². The largest absolute Gasteiger partial charge is 0.496 e. The van der Waals surface area contributed by atoms with Crippen molar-refractivity contribution in [1.82, 2.24) is 9.97 Å². The van der Waals surface area contributed by atoms with Crippen molar-refractivity contribution in [3.8, 4) is 11.5 Å². The third-order valence-corrected chi connectivity index (χ3v) is 4.74. The molecule has 8 nitrogen and oxygen atoms in total. The molecule has 146 valence electrons. The third-order valence-electron chi connectivity index (χ3n) is 4.16. The van der Waals surface area contributed by atoms with Crippen LogP contribution in [0.5, 0.6) is 11.5 Å². The molecule has 2 aromatic carbocycles. The van der Waals surface area contributed by atoms with E-state index in [9.17, 15) is 0 Å². The second-order valence-corrected chi connectivity index (χ2v) is 6.78. The molecule has 0 spiro atoms. The molecule has 0 fully saturated rings. The van der Waals surface area contributed by atoms with Crippen molar-refractivity contribution in [2.24, 2.45) is 5.84 Å². The molecular weight excluding hydrogens is 424 g/mol. The second-order valence-electron chi connectivity index (χ2n) is 5.93. The molecule has 0 unspecified atom stereocenters. The Hall–Kier alpha value is -3.04. The van der Waals surface area contributed by atoms with Crippen LogP contribution >= 0.6 is 15.9 Å². The number of rotatable bonds is 6. The van der Waals surface area contributed by atoms with Crippen molar-refractivity contribution in [3.05, 3.63) is 52.6 Å². The number of nitrogens with zero attached hydrogens (tertiary/aromatic N) is 3. The summed E-state index contributed by atoms with van der Waals surface area (Å²) in [7, 11) is 3.22. The van der Waals surface area contributed by atoms with E-state index in [2.05, 4.69) is 31.2 Å². The van der Waals surface area contributed by atoms with Crippen LogP contribution in [-0.4, -0.2) is 24.2 Å². The van der Waals surface area contributed by atoms with Crippen LogP contribution in [0.25, 0.3) is 0 Å². The van der Waals surface area contributed by atoms with Gasteiger partial charge in [-0.15, -0.1) is 0 Å². The van der Waals surface area contributed by atoms with Crippen LogP contribution in [-0.2, 0) is 0 Å². The average Bonchev–Trinajstić information content (AvgIpc) is 2.70. The topological polar surface area (TPSA) is 112 Å². The van der Waals surface area contributed by atoms with Gasteiger partial charge in [0.05, 0.1) is 30.1 Å². The predicted molar refractivity (Wildman–Crippen MR) is 114 cm³/mol. The van der Waals surface area contributed by atoms with E-state index in [1.165, 1.54) is 5.01 Å². The van der Waals surface area contributed by atoms with Crippen molar-refractivity contribution in [2.45, 2.75) is 6.92 Å². The lowest BCUT2D eigenvalue weighted by Gasteiger charge is -2.19. The minimum absolute atomic E-state index is 0.287. The number of anilines is 5. The molecule has 0 bridgehead atoms. The van der Waals surface area contributed by atoms with Gasteiger partial charge in [0.25, 0.3) is 0 Å². The van der Waals surface area contributed by atoms with Crippen molar-refractivity contribution in [3.63, 3.8) is 0 Å². The van der Waals surface area contributed by atoms with Gasteiger partial charge in [-0.25, -0.2) is 15.8 Å². The van der Waals surface area contributed by atoms with E-state index < -0.39 is 0 Å². The summed E-state index contributed by atoms with van der Waals surface area (Å²) in [6.07, 6.45) is 1.62. The molecule has 0 saturated carbocycles. The van der Waals surface area contributed by atoms with Gasteiger partial charge in [-0.3, -0.25) is 0 Å². The molecule has 0 radical (unpaired) electrons. The number of hydrogen-bond acceptors (Lipinski definition) is 8. The van der Waals surface area contributed by atoms with Crippen molar-refractivity contribution >= 4 is 44.8 Å². The normalized spacial score (nSPS) is 10.5. The van der Waals surface area contributed by atoms with E-state index in [1.807, 2.05) is 31.2 Å². The Morgan fingerprint density at radius 3 is 2.36 bits per heavy atom. The molecule has 3 aromatic rings. The molecule has 0 aliphatic heterocycles. The van der Waals surface area contributed by atoms with Gasteiger partial charge in [0.1, 0.15) is 17.3 Å². The first-order valence-electron chi connectivity index (χ1n) is 8.36. The molecular formula is C19H21BrN6O2. The van der Waals surface area contributed by atoms with E-state index in [1.54, 1.807) is 32.5 Å². The highest BCUT2D eigenvalue weighted by molar-refractivity contribution is 9.10. The van der Waals surface area contributed by atoms with Gasteiger partial charge in [-0.1, -0.05) is 12.1 Å². The zero-order valence-corrected chi connectivity index (χ0v) is 17.3. The second kappa shape index (κ2) is 8.32. The molecule has 9 heteroatoms. The van der Waals surface area contributed by atoms with Crippen LogP contribution in [0.1, 0.15) is 5.56 Å². The highest BCUT2D eigenvalue weighted by Gasteiger charge is 2.15. The lowest BCUT2D eigenvalue weighted by Crippen LogP contribution is -2.28. The minimum Gasteiger partial charge on any atom is -0.496 e. The van der Waals surface area contributed by atoms with Crippen LogP contribution in [0.3, 0.4) is 0 Å². The summed E-state index contributed by atoms with van der Waals surface area (Å²) in [5.74, 6) is 8.40. The monoisotopic (exact) mass is 444 g/mol. The predicted octanol–water partition coefficient (Wildman–Crippen LogP) is 3.90. The first-order valence-corrected chi connectivity index (χ1v) is 9.15. The summed E-state index contributed by atoms with van der Waals surface area (Å²) >= 11 is 3.46. The Morgan fingerprint density at radius 2 is 1.75 bits per heavy atom. The number of halogens is 1. The number of hydrazine groups is 1. The first-order chi connectivity index (χ1) is 13.4. The standard InChI is InChI=1S/C19H21BrN6O2/c1-11-16(27-2)8-12(9-17(11)28-3)24-18-13(20)10-23-19(25-18)26(22)15-7-5-4-6-14(15)21/h4-10H,21-22H2,1-3H3,(H,23,24,25). The van der Waals surface area contributed by atoms with Gasteiger partial charge in [0.15, 0.2) is 0 Å². The number of nitrogens with two attached hydrogens (primary N) is 2. The fraction of sp³-hybridized carbons (Fsp3) is 0.158. The SMILES string of the molecule is COc1cc(Nc2nc(N(N)c3ccccc3N)ncc2Br)cc(OC)c1C. The molecule has 3 rings (SSSR count). The quantitative estimate of drug-likeness (QED) is 0.298. The first kappa shape index (κ1) is 19.7. The molecule has 0 atom stereocenters. The van der Waals surface area contributed by atoms with Crippen molar-refractivity contribution < 1.29 is 9.47 Å². The smallest absolute Gasteiger partial charge is 0.246 e. The third kappa shape index (κ3) is 3.95. The van der Waals surface area contributed by atoms with Crippen LogP contribution in [0.4, 0.5) is 28.8 Å². The van der Waals surface area contributed by atoms with Crippen LogP contribution < -0.4 is 31.4 Å². The number of aromatic nitrogens is 2. The number of methoxy groups -OCH3 is 2. The van der Waals surface area contributed by atoms with E-state index in [-0.39, 0.29) is 5.95 Å². The number of nitrogens with one attached hydrogen (secondary N) is 1. The molecule has 0 saturated heterocycles. The summed E-state index contributed by atoms with van der Waals surface area (Å²) < 4.78 is 11.5. The summed E-state index contributed by atoms with van der Waals surface area (Å²) in [5.41, 5.74) is 8.78. The number of benzene rings is 2. The Balaban J connectivity index is 1.96. The van der Waals surface area contributed by atoms with Gasteiger partial charge in [-0.2, -0.15) is 4.98 Å². The fourth-order valence-electron chi connectivity index (χ4n) is 2.67. The number of para-hydroxylation sites is 2. The lowest BCUT2D eigenvalue weighted by molar-refractivity contribution is 0.389. The molecule has 5 N–H and O–H groups in total. The zero-order valence-electron chi connectivity index (χ0n) is 15.7. The highest BCUT2D eigenvalue weighted by Crippen LogP contribution is 2.35. The van der Waals surface area contributed by atoms with E-state index in [4.69, 9.17) is 21.1 Å². The van der Waals surface area contributed by atoms with Gasteiger partial charge in [0.2, 0.25) is 5.95 Å². The Morgan fingerprint density at radius 1 is 1.11 bits per heavy atom. The maximum atomic E-state index is 6.19. The summed E-state index contributed by atoms with van der Waals surface area (Å²) in [5, 5.41) is 4.58. The van der Waals surface area contributed by atoms with Crippen molar-refractivity contribution in [2.75, 3.05) is 30.3 Å². The van der Waals surface area contributed by atoms with Gasteiger partial charge < -0.3 is 20.5 Å². The maximum absolute atomic E-state index is 6.19. The summed E-state index contributed by atoms with van der Waals surface area (Å²) in [4.78, 5) is 8.79. The lowest BCUT2D eigenvalue weighted by atomic mass is 10.1. The fourth-order valence-corrected chi connectivity index (χ4v) is 2.96. The molecule has 0 aliphatic rings. The van der Waals surface area contributed by atoms with E-state index in [0.29, 0.717) is 33.2 Å². The molecule has 1 heterocycles. The summed E-state index contributed by atoms with van der Waals surface area (Å²) in [6.45, 7) is 1.93. The Labute approximate surface area is 171 Å². The molecule has 0 aliphatic carbocycles. The zero-order chi connectivity index (χ0) is 20.3. The van der Waals surface area contributed by atoms with E-state index in [0.717, 1.165) is 11.3 Å². The van der Waals surface area contributed by atoms with Crippen molar-refractivity contribution in [1.29, 1.82) is 0 Å². The molecule has 1 aromatic heterocycles. The number of nitrogen functional groups attached to an aromatic ring is 1. The van der Waals surface area contributed by atoms with E-state index >= 15 is 0 Å². The Kier molecular flexibility index (Phi) is 5.86. The summed E-state index contributed by atoms with van der Waals surface area (Å²) in [6, 6.07) is 11.0. The van der Waals surface area contributed by atoms with Gasteiger partial charge >= 0.3 is 0 Å².